The van der Waals surface area contributed by atoms with E-state index in [9.17, 15) is 10.2 Å². The second-order valence-corrected chi connectivity index (χ2v) is 6.12. The molecule has 0 bridgehead atoms. The molecule has 0 spiro atoms. The number of aliphatic hydroxyl groups is 2. The predicted octanol–water partition coefficient (Wildman–Crippen LogP) is 1.97. The Morgan fingerprint density at radius 1 is 1.40 bits per heavy atom. The highest BCUT2D eigenvalue weighted by Crippen LogP contribution is 2.60. The normalized spacial score (nSPS) is 47.9. The largest absolute Gasteiger partial charge is 0.396 e. The number of allylic oxidation sites excluding steroid dienone is 2. The van der Waals surface area contributed by atoms with Gasteiger partial charge in [-0.05, 0) is 30.6 Å². The van der Waals surface area contributed by atoms with Crippen molar-refractivity contribution in [3.05, 3.63) is 11.6 Å². The van der Waals surface area contributed by atoms with E-state index in [4.69, 9.17) is 0 Å². The summed E-state index contributed by atoms with van der Waals surface area (Å²) in [6, 6.07) is 0. The zero-order valence-corrected chi connectivity index (χ0v) is 10.1. The monoisotopic (exact) mass is 210 g/mol. The molecule has 2 aliphatic carbocycles. The summed E-state index contributed by atoms with van der Waals surface area (Å²) >= 11 is 0. The van der Waals surface area contributed by atoms with Crippen LogP contribution in [-0.4, -0.2) is 22.9 Å². The van der Waals surface area contributed by atoms with Gasteiger partial charge >= 0.3 is 0 Å². The third-order valence-corrected chi connectivity index (χ3v) is 5.15. The molecular formula is C13H22O2. The summed E-state index contributed by atoms with van der Waals surface area (Å²) in [5.74, 6) is 0.831. The maximum Gasteiger partial charge on any atom is 0.0624 e. The Hall–Kier alpha value is -0.340. The Bertz CT molecular complexity index is 306. The maximum absolute atomic E-state index is 10.1. The van der Waals surface area contributed by atoms with E-state index >= 15 is 0 Å². The minimum Gasteiger partial charge on any atom is -0.396 e. The number of hydrogen-bond donors (Lipinski definition) is 2. The second kappa shape index (κ2) is 3.08. The van der Waals surface area contributed by atoms with Crippen LogP contribution in [0.5, 0.6) is 0 Å². The van der Waals surface area contributed by atoms with E-state index in [1.165, 1.54) is 5.57 Å². The molecule has 0 aromatic heterocycles. The standard InChI is InChI=1S/C13H22O2/c1-8-5-10-9(12(8,2)3)6-11(15)13(10,4)7-14/h5,9-11,14-15H,6-7H2,1-4H3/t9-,10-,11?,13-/m1/s1. The molecule has 0 aromatic carbocycles. The first-order valence-corrected chi connectivity index (χ1v) is 5.82. The summed E-state index contributed by atoms with van der Waals surface area (Å²) < 4.78 is 0. The molecule has 1 unspecified atom stereocenters. The Kier molecular flexibility index (Phi) is 2.29. The van der Waals surface area contributed by atoms with Crippen LogP contribution in [0.3, 0.4) is 0 Å². The lowest BCUT2D eigenvalue weighted by atomic mass is 9.73. The molecule has 15 heavy (non-hydrogen) atoms. The first kappa shape index (κ1) is 11.2. The van der Waals surface area contributed by atoms with Crippen molar-refractivity contribution in [3.8, 4) is 0 Å². The van der Waals surface area contributed by atoms with Crippen molar-refractivity contribution < 1.29 is 10.2 Å². The summed E-state index contributed by atoms with van der Waals surface area (Å²) in [7, 11) is 0. The molecule has 0 aromatic rings. The third-order valence-electron chi connectivity index (χ3n) is 5.15. The van der Waals surface area contributed by atoms with Gasteiger partial charge in [0.2, 0.25) is 0 Å². The Balaban J connectivity index is 2.39. The molecule has 2 rings (SSSR count). The molecule has 2 heteroatoms. The average Bonchev–Trinajstić information content (AvgIpc) is 2.54. The average molecular weight is 210 g/mol. The predicted molar refractivity (Wildman–Crippen MR) is 60.3 cm³/mol. The molecule has 2 aliphatic rings. The summed E-state index contributed by atoms with van der Waals surface area (Å²) in [5.41, 5.74) is 1.25. The summed E-state index contributed by atoms with van der Waals surface area (Å²) in [6.45, 7) is 8.75. The number of rotatable bonds is 1. The molecule has 0 saturated heterocycles. The third kappa shape index (κ3) is 1.24. The summed E-state index contributed by atoms with van der Waals surface area (Å²) in [6.07, 6.45) is 2.74. The Labute approximate surface area is 92.0 Å². The van der Waals surface area contributed by atoms with E-state index in [2.05, 4.69) is 26.8 Å². The van der Waals surface area contributed by atoms with Gasteiger partial charge in [0, 0.05) is 5.41 Å². The van der Waals surface area contributed by atoms with Gasteiger partial charge < -0.3 is 10.2 Å². The molecule has 4 atom stereocenters. The van der Waals surface area contributed by atoms with Crippen LogP contribution in [0.2, 0.25) is 0 Å². The van der Waals surface area contributed by atoms with Gasteiger partial charge in [-0.15, -0.1) is 0 Å². The van der Waals surface area contributed by atoms with Crippen LogP contribution >= 0.6 is 0 Å². The zero-order chi connectivity index (χ0) is 11.4. The molecule has 86 valence electrons. The van der Waals surface area contributed by atoms with Crippen LogP contribution in [0, 0.1) is 22.7 Å². The van der Waals surface area contributed by atoms with Crippen molar-refractivity contribution in [2.75, 3.05) is 6.61 Å². The van der Waals surface area contributed by atoms with Gasteiger partial charge in [0.25, 0.3) is 0 Å². The highest BCUT2D eigenvalue weighted by molar-refractivity contribution is 5.27. The van der Waals surface area contributed by atoms with Crippen molar-refractivity contribution in [2.24, 2.45) is 22.7 Å². The Morgan fingerprint density at radius 3 is 2.53 bits per heavy atom. The van der Waals surface area contributed by atoms with Gasteiger partial charge in [0.15, 0.2) is 0 Å². The molecular weight excluding hydrogens is 188 g/mol. The zero-order valence-electron chi connectivity index (χ0n) is 10.1. The van der Waals surface area contributed by atoms with E-state index in [1.807, 2.05) is 6.92 Å². The van der Waals surface area contributed by atoms with Gasteiger partial charge in [-0.25, -0.2) is 0 Å². The SMILES string of the molecule is CC1=C[C@@H]2[C@@H](CC(O)[C@]2(C)CO)C1(C)C. The van der Waals surface area contributed by atoms with Crippen molar-refractivity contribution in [1.29, 1.82) is 0 Å². The van der Waals surface area contributed by atoms with Crippen LogP contribution in [0.25, 0.3) is 0 Å². The smallest absolute Gasteiger partial charge is 0.0624 e. The maximum atomic E-state index is 10.1. The fourth-order valence-electron chi connectivity index (χ4n) is 3.38. The summed E-state index contributed by atoms with van der Waals surface area (Å²) in [5, 5.41) is 19.6. The van der Waals surface area contributed by atoms with Crippen molar-refractivity contribution in [1.82, 2.24) is 0 Å². The van der Waals surface area contributed by atoms with E-state index < -0.39 is 0 Å². The van der Waals surface area contributed by atoms with Crippen LogP contribution in [0.15, 0.2) is 11.6 Å². The van der Waals surface area contributed by atoms with E-state index in [-0.39, 0.29) is 23.5 Å². The van der Waals surface area contributed by atoms with Gasteiger partial charge in [0.05, 0.1) is 12.7 Å². The molecule has 0 aliphatic heterocycles. The molecule has 0 heterocycles. The molecule has 2 N–H and O–H groups in total. The topological polar surface area (TPSA) is 40.5 Å². The van der Waals surface area contributed by atoms with Crippen LogP contribution in [0.1, 0.15) is 34.1 Å². The van der Waals surface area contributed by atoms with Gasteiger partial charge in [0.1, 0.15) is 0 Å². The lowest BCUT2D eigenvalue weighted by Gasteiger charge is -2.32. The first-order chi connectivity index (χ1) is 6.84. The van der Waals surface area contributed by atoms with Crippen molar-refractivity contribution >= 4 is 0 Å². The van der Waals surface area contributed by atoms with Crippen molar-refractivity contribution in [3.63, 3.8) is 0 Å². The first-order valence-electron chi connectivity index (χ1n) is 5.82. The molecule has 0 amide bonds. The highest BCUT2D eigenvalue weighted by atomic mass is 16.3. The second-order valence-electron chi connectivity index (χ2n) is 6.12. The van der Waals surface area contributed by atoms with Gasteiger partial charge in [-0.3, -0.25) is 0 Å². The van der Waals surface area contributed by atoms with Crippen LogP contribution < -0.4 is 0 Å². The lowest BCUT2D eigenvalue weighted by molar-refractivity contribution is 0.00311. The molecule has 2 nitrogen and oxygen atoms in total. The van der Waals surface area contributed by atoms with Crippen LogP contribution in [0.4, 0.5) is 0 Å². The molecule has 0 radical (unpaired) electrons. The quantitative estimate of drug-likeness (QED) is 0.650. The van der Waals surface area contributed by atoms with Crippen molar-refractivity contribution in [2.45, 2.75) is 40.2 Å². The van der Waals surface area contributed by atoms with Gasteiger partial charge in [-0.1, -0.05) is 32.4 Å². The molecule has 1 fully saturated rings. The van der Waals surface area contributed by atoms with E-state index in [0.717, 1.165) is 6.42 Å². The van der Waals surface area contributed by atoms with Gasteiger partial charge in [-0.2, -0.15) is 0 Å². The summed E-state index contributed by atoms with van der Waals surface area (Å²) in [4.78, 5) is 0. The van der Waals surface area contributed by atoms with E-state index in [1.54, 1.807) is 0 Å². The fraction of sp³-hybridized carbons (Fsp3) is 0.846. The fourth-order valence-corrected chi connectivity index (χ4v) is 3.38. The minimum absolute atomic E-state index is 0.0786. The lowest BCUT2D eigenvalue weighted by Crippen LogP contribution is -2.35. The number of hydrogen-bond acceptors (Lipinski definition) is 2. The number of fused-ring (bicyclic) bond motifs is 1. The van der Waals surface area contributed by atoms with E-state index in [0.29, 0.717) is 11.8 Å². The minimum atomic E-state index is -0.360. The number of aliphatic hydroxyl groups excluding tert-OH is 2. The molecule has 1 saturated carbocycles. The highest BCUT2D eigenvalue weighted by Gasteiger charge is 2.57. The Morgan fingerprint density at radius 2 is 2.00 bits per heavy atom. The van der Waals surface area contributed by atoms with Crippen LogP contribution in [-0.2, 0) is 0 Å².